The van der Waals surface area contributed by atoms with Crippen molar-refractivity contribution in [2.24, 2.45) is 0 Å². The van der Waals surface area contributed by atoms with E-state index in [-0.39, 0.29) is 26.2 Å². The Labute approximate surface area is 234 Å². The van der Waals surface area contributed by atoms with E-state index in [0.29, 0.717) is 6.61 Å². The lowest BCUT2D eigenvalue weighted by atomic mass is 9.93. The molecule has 3 aromatic carbocycles. The molecule has 0 spiro atoms. The molecule has 0 bridgehead atoms. The number of esters is 1. The Morgan fingerprint density at radius 2 is 1.38 bits per heavy atom. The van der Waals surface area contributed by atoms with Gasteiger partial charge >= 0.3 is 11.8 Å². The van der Waals surface area contributed by atoms with Gasteiger partial charge in [-0.15, -0.1) is 0 Å². The number of hydrogen-bond acceptors (Lipinski definition) is 7. The maximum atomic E-state index is 16.4. The van der Waals surface area contributed by atoms with E-state index >= 15 is 4.39 Å². The Kier molecular flexibility index (Phi) is 8.93. The SMILES string of the molecule is CC1(C)OC2CC(F)(C(=O)OCc3ccccc3)OC([C@@H](COCc3ccccc3)OCc3ccccc3)C2O1. The van der Waals surface area contributed by atoms with Gasteiger partial charge in [0.1, 0.15) is 24.9 Å². The molecule has 2 heterocycles. The number of rotatable bonds is 11. The van der Waals surface area contributed by atoms with Crippen molar-refractivity contribution in [1.82, 2.24) is 0 Å². The van der Waals surface area contributed by atoms with Gasteiger partial charge in [0.05, 0.1) is 25.9 Å². The standard InChI is InChI=1S/C32H35FO7/c1-31(2)38-26-18-32(33,30(34)37-21-25-16-10-5-11-17-25)40-29(28(26)39-31)27(36-20-24-14-8-4-9-15-24)22-35-19-23-12-6-3-7-13-23/h3-17,26-29H,18-22H2,1-2H3/t26?,27-,28?,29?,32?/m1/s1. The Balaban J connectivity index is 1.35. The largest absolute Gasteiger partial charge is 0.457 e. The van der Waals surface area contributed by atoms with Crippen molar-refractivity contribution in [3.8, 4) is 0 Å². The second-order valence-corrected chi connectivity index (χ2v) is 10.6. The number of ether oxygens (including phenoxy) is 6. The number of alkyl halides is 1. The van der Waals surface area contributed by atoms with E-state index in [1.165, 1.54) is 0 Å². The molecule has 0 radical (unpaired) electrons. The fourth-order valence-corrected chi connectivity index (χ4v) is 5.02. The topological polar surface area (TPSA) is 72.5 Å². The molecule has 5 rings (SSSR count). The molecule has 3 aromatic rings. The summed E-state index contributed by atoms with van der Waals surface area (Å²) < 4.78 is 52.2. The highest BCUT2D eigenvalue weighted by Crippen LogP contribution is 2.43. The van der Waals surface area contributed by atoms with Crippen LogP contribution in [-0.2, 0) is 53.0 Å². The van der Waals surface area contributed by atoms with Crippen molar-refractivity contribution >= 4 is 5.97 Å². The summed E-state index contributed by atoms with van der Waals surface area (Å²) in [7, 11) is 0. The summed E-state index contributed by atoms with van der Waals surface area (Å²) >= 11 is 0. The van der Waals surface area contributed by atoms with E-state index in [1.54, 1.807) is 26.0 Å². The number of carbonyl (C=O) groups excluding carboxylic acids is 1. The van der Waals surface area contributed by atoms with Crippen molar-refractivity contribution in [2.45, 2.75) is 76.1 Å². The third-order valence-corrected chi connectivity index (χ3v) is 6.92. The molecular weight excluding hydrogens is 515 g/mol. The zero-order valence-electron chi connectivity index (χ0n) is 22.7. The molecular formula is C32H35FO7. The van der Waals surface area contributed by atoms with E-state index in [2.05, 4.69) is 0 Å². The Morgan fingerprint density at radius 3 is 1.98 bits per heavy atom. The van der Waals surface area contributed by atoms with Crippen LogP contribution >= 0.6 is 0 Å². The van der Waals surface area contributed by atoms with Crippen LogP contribution in [0.3, 0.4) is 0 Å². The lowest BCUT2D eigenvalue weighted by Gasteiger charge is -2.41. The number of fused-ring (bicyclic) bond motifs is 1. The number of benzene rings is 3. The highest BCUT2D eigenvalue weighted by Gasteiger charge is 2.61. The lowest BCUT2D eigenvalue weighted by molar-refractivity contribution is -0.278. The van der Waals surface area contributed by atoms with Gasteiger partial charge < -0.3 is 28.4 Å². The summed E-state index contributed by atoms with van der Waals surface area (Å²) in [4.78, 5) is 13.1. The van der Waals surface area contributed by atoms with Crippen LogP contribution in [0.2, 0.25) is 0 Å². The first-order valence-corrected chi connectivity index (χ1v) is 13.5. The molecule has 2 aliphatic rings. The van der Waals surface area contributed by atoms with Crippen LogP contribution in [0.15, 0.2) is 91.0 Å². The molecule has 0 amide bonds. The maximum Gasteiger partial charge on any atom is 0.372 e. The van der Waals surface area contributed by atoms with Gasteiger partial charge in [-0.3, -0.25) is 0 Å². The number of hydrogen-bond donors (Lipinski definition) is 0. The Morgan fingerprint density at radius 1 is 0.825 bits per heavy atom. The average Bonchev–Trinajstić information content (AvgIpc) is 3.28. The monoisotopic (exact) mass is 550 g/mol. The first kappa shape index (κ1) is 28.4. The van der Waals surface area contributed by atoms with E-state index in [9.17, 15) is 4.79 Å². The zero-order chi connectivity index (χ0) is 28.0. The van der Waals surface area contributed by atoms with Crippen molar-refractivity contribution in [2.75, 3.05) is 6.61 Å². The Hall–Kier alpha value is -3.14. The fourth-order valence-electron chi connectivity index (χ4n) is 5.02. The summed E-state index contributed by atoms with van der Waals surface area (Å²) in [5, 5.41) is 0. The molecule has 2 fully saturated rings. The molecule has 0 aromatic heterocycles. The van der Waals surface area contributed by atoms with Crippen LogP contribution in [0.1, 0.15) is 37.0 Å². The van der Waals surface area contributed by atoms with Crippen LogP contribution in [-0.4, -0.2) is 48.6 Å². The quantitative estimate of drug-likeness (QED) is 0.292. The van der Waals surface area contributed by atoms with Crippen LogP contribution < -0.4 is 0 Å². The predicted octanol–water partition coefficient (Wildman–Crippen LogP) is 5.51. The minimum absolute atomic E-state index is 0.0779. The molecule has 2 aliphatic heterocycles. The highest BCUT2D eigenvalue weighted by molar-refractivity contribution is 5.78. The summed E-state index contributed by atoms with van der Waals surface area (Å²) in [5.41, 5.74) is 2.66. The van der Waals surface area contributed by atoms with Gasteiger partial charge in [0.2, 0.25) is 0 Å². The van der Waals surface area contributed by atoms with Crippen LogP contribution in [0.5, 0.6) is 0 Å². The van der Waals surface area contributed by atoms with Crippen molar-refractivity contribution in [3.63, 3.8) is 0 Å². The summed E-state index contributed by atoms with van der Waals surface area (Å²) in [6.45, 7) is 4.07. The Bertz CT molecular complexity index is 1220. The highest BCUT2D eigenvalue weighted by atomic mass is 19.2. The van der Waals surface area contributed by atoms with Crippen molar-refractivity contribution in [3.05, 3.63) is 108 Å². The van der Waals surface area contributed by atoms with Gasteiger partial charge in [-0.05, 0) is 30.5 Å². The smallest absolute Gasteiger partial charge is 0.372 e. The number of halogens is 1. The normalized spacial score (nSPS) is 26.1. The molecule has 7 nitrogen and oxygen atoms in total. The van der Waals surface area contributed by atoms with Gasteiger partial charge in [-0.2, -0.15) is 4.39 Å². The predicted molar refractivity (Wildman–Crippen MR) is 145 cm³/mol. The summed E-state index contributed by atoms with van der Waals surface area (Å²) in [5.74, 6) is -4.86. The average molecular weight is 551 g/mol. The molecule has 8 heteroatoms. The van der Waals surface area contributed by atoms with Gasteiger partial charge in [0.15, 0.2) is 5.79 Å². The van der Waals surface area contributed by atoms with Gasteiger partial charge in [0.25, 0.3) is 0 Å². The summed E-state index contributed by atoms with van der Waals surface area (Å²) in [6.07, 6.45) is -3.57. The van der Waals surface area contributed by atoms with E-state index in [4.69, 9.17) is 28.4 Å². The molecule has 5 atom stereocenters. The molecule has 0 aliphatic carbocycles. The minimum Gasteiger partial charge on any atom is -0.457 e. The second kappa shape index (κ2) is 12.6. The van der Waals surface area contributed by atoms with Crippen molar-refractivity contribution < 1.29 is 37.6 Å². The van der Waals surface area contributed by atoms with E-state index in [0.717, 1.165) is 16.7 Å². The third-order valence-electron chi connectivity index (χ3n) is 6.92. The van der Waals surface area contributed by atoms with Crippen LogP contribution in [0.25, 0.3) is 0 Å². The van der Waals surface area contributed by atoms with Gasteiger partial charge in [-0.1, -0.05) is 91.0 Å². The maximum absolute atomic E-state index is 16.4. The van der Waals surface area contributed by atoms with Gasteiger partial charge in [0, 0.05) is 6.42 Å². The van der Waals surface area contributed by atoms with Crippen LogP contribution in [0.4, 0.5) is 4.39 Å². The fraction of sp³-hybridized carbons (Fsp3) is 0.406. The minimum atomic E-state index is -2.75. The number of carbonyl (C=O) groups is 1. The molecule has 0 saturated carbocycles. The summed E-state index contributed by atoms with van der Waals surface area (Å²) in [6, 6.07) is 28.4. The molecule has 2 saturated heterocycles. The molecule has 40 heavy (non-hydrogen) atoms. The molecule has 4 unspecified atom stereocenters. The third kappa shape index (κ3) is 7.13. The first-order chi connectivity index (χ1) is 19.3. The van der Waals surface area contributed by atoms with Crippen LogP contribution in [0, 0.1) is 0 Å². The molecule has 212 valence electrons. The first-order valence-electron chi connectivity index (χ1n) is 13.5. The van der Waals surface area contributed by atoms with E-state index < -0.39 is 42.0 Å². The second-order valence-electron chi connectivity index (χ2n) is 10.6. The molecule has 0 N–H and O–H groups in total. The zero-order valence-corrected chi connectivity index (χ0v) is 22.7. The van der Waals surface area contributed by atoms with Gasteiger partial charge in [-0.25, -0.2) is 4.79 Å². The lowest BCUT2D eigenvalue weighted by Crippen LogP contribution is -2.60. The van der Waals surface area contributed by atoms with Crippen molar-refractivity contribution in [1.29, 1.82) is 0 Å². The van der Waals surface area contributed by atoms with E-state index in [1.807, 2.05) is 78.9 Å².